The number of thiazole rings is 1. The number of fused-ring (bicyclic) bond motifs is 2. The van der Waals surface area contributed by atoms with Gasteiger partial charge in [-0.15, -0.1) is 11.3 Å². The maximum atomic E-state index is 13.4. The van der Waals surface area contributed by atoms with Gasteiger partial charge in [-0.3, -0.25) is 23.9 Å². The summed E-state index contributed by atoms with van der Waals surface area (Å²) in [7, 11) is 0. The van der Waals surface area contributed by atoms with Crippen molar-refractivity contribution in [3.05, 3.63) is 64.6 Å². The maximum Gasteiger partial charge on any atom is 0.270 e. The molecule has 0 fully saturated rings. The van der Waals surface area contributed by atoms with Crippen molar-refractivity contribution in [3.8, 4) is 0 Å². The first-order valence-corrected chi connectivity index (χ1v) is 14.3. The Bertz CT molecular complexity index is 1280. The topological polar surface area (TPSA) is 160 Å². The minimum atomic E-state index is -0.826. The fourth-order valence-electron chi connectivity index (χ4n) is 4.37. The van der Waals surface area contributed by atoms with E-state index in [2.05, 4.69) is 36.3 Å². The smallest absolute Gasteiger partial charge is 0.270 e. The highest BCUT2D eigenvalue weighted by Gasteiger charge is 2.28. The first-order chi connectivity index (χ1) is 19.4. The van der Waals surface area contributed by atoms with E-state index in [1.54, 1.807) is 5.38 Å². The molecule has 0 aliphatic carbocycles. The van der Waals surface area contributed by atoms with Crippen molar-refractivity contribution in [2.24, 2.45) is 0 Å². The lowest BCUT2D eigenvalue weighted by molar-refractivity contribution is -0.132. The number of nitrogens with one attached hydrogen (secondary N) is 4. The molecule has 40 heavy (non-hydrogen) atoms. The van der Waals surface area contributed by atoms with Crippen molar-refractivity contribution < 1.29 is 19.2 Å². The summed E-state index contributed by atoms with van der Waals surface area (Å²) in [5.74, 6) is -1.39. The predicted molar refractivity (Wildman–Crippen MR) is 148 cm³/mol. The third-order valence-electron chi connectivity index (χ3n) is 6.58. The quantitative estimate of drug-likeness (QED) is 0.337. The molecule has 3 atom stereocenters. The van der Waals surface area contributed by atoms with Gasteiger partial charge in [-0.05, 0) is 37.7 Å². The Morgan fingerprint density at radius 1 is 1.10 bits per heavy atom. The van der Waals surface area contributed by atoms with Gasteiger partial charge >= 0.3 is 0 Å². The van der Waals surface area contributed by atoms with Gasteiger partial charge in [0.15, 0.2) is 0 Å². The zero-order chi connectivity index (χ0) is 28.3. The summed E-state index contributed by atoms with van der Waals surface area (Å²) in [6.07, 6.45) is 5.39. The zero-order valence-corrected chi connectivity index (χ0v) is 23.2. The third-order valence-corrected chi connectivity index (χ3v) is 7.54. The Morgan fingerprint density at radius 2 is 1.90 bits per heavy atom. The van der Waals surface area contributed by atoms with Crippen molar-refractivity contribution in [2.75, 3.05) is 6.54 Å². The van der Waals surface area contributed by atoms with E-state index in [0.29, 0.717) is 55.9 Å². The second-order valence-electron chi connectivity index (χ2n) is 9.57. The number of aromatic nitrogens is 4. The summed E-state index contributed by atoms with van der Waals surface area (Å²) in [6, 6.07) is 7.55. The van der Waals surface area contributed by atoms with E-state index in [9.17, 15) is 19.2 Å². The highest BCUT2D eigenvalue weighted by atomic mass is 32.1. The van der Waals surface area contributed by atoms with E-state index in [1.807, 2.05) is 37.3 Å². The third kappa shape index (κ3) is 8.18. The van der Waals surface area contributed by atoms with Gasteiger partial charge in [0.25, 0.3) is 5.91 Å². The van der Waals surface area contributed by atoms with Crippen molar-refractivity contribution >= 4 is 35.0 Å². The molecule has 4 amide bonds. The lowest BCUT2D eigenvalue weighted by Crippen LogP contribution is -2.54. The highest BCUT2D eigenvalue weighted by molar-refractivity contribution is 7.09. The summed E-state index contributed by atoms with van der Waals surface area (Å²) in [5, 5.41) is 17.8. The monoisotopic (exact) mass is 566 g/mol. The number of hydrogen-bond donors (Lipinski definition) is 4. The lowest BCUT2D eigenvalue weighted by Gasteiger charge is -2.25. The molecule has 212 valence electrons. The highest BCUT2D eigenvalue weighted by Crippen LogP contribution is 2.23. The van der Waals surface area contributed by atoms with E-state index in [-0.39, 0.29) is 24.1 Å². The van der Waals surface area contributed by atoms with Crippen LogP contribution in [0.2, 0.25) is 0 Å². The lowest BCUT2D eigenvalue weighted by atomic mass is 10.0. The molecule has 2 aromatic heterocycles. The first-order valence-electron chi connectivity index (χ1n) is 13.4. The van der Waals surface area contributed by atoms with Crippen LogP contribution in [0, 0.1) is 0 Å². The number of aryl methyl sites for hydroxylation is 1. The van der Waals surface area contributed by atoms with Crippen molar-refractivity contribution in [2.45, 2.75) is 70.1 Å². The number of carbonyl (C=O) groups excluding carboxylic acids is 4. The molecular formula is C27H34N8O4S. The fourth-order valence-corrected chi connectivity index (χ4v) is 5.21. The van der Waals surface area contributed by atoms with Crippen LogP contribution < -0.4 is 21.3 Å². The predicted octanol–water partition coefficient (Wildman–Crippen LogP) is 1.52. The van der Waals surface area contributed by atoms with E-state index in [1.165, 1.54) is 28.7 Å². The second kappa shape index (κ2) is 14.3. The zero-order valence-electron chi connectivity index (χ0n) is 22.3. The molecular weight excluding hydrogens is 532 g/mol. The minimum absolute atomic E-state index is 0.122. The van der Waals surface area contributed by atoms with Gasteiger partial charge in [-0.1, -0.05) is 37.3 Å². The maximum absolute atomic E-state index is 13.4. The molecule has 1 aliphatic heterocycles. The normalized spacial score (nSPS) is 20.7. The van der Waals surface area contributed by atoms with Crippen LogP contribution >= 0.6 is 11.3 Å². The number of nitrogens with zero attached hydrogens (tertiary/aromatic N) is 4. The minimum Gasteiger partial charge on any atom is -0.351 e. The summed E-state index contributed by atoms with van der Waals surface area (Å²) in [5.41, 5.74) is 1.30. The number of carbonyl (C=O) groups is 4. The van der Waals surface area contributed by atoms with Gasteiger partial charge in [0.05, 0.1) is 12.6 Å². The Balaban J connectivity index is 1.51. The largest absolute Gasteiger partial charge is 0.351 e. The average molecular weight is 567 g/mol. The molecule has 3 aromatic rings. The fraction of sp³-hybridized carbons (Fsp3) is 0.444. The van der Waals surface area contributed by atoms with E-state index in [4.69, 9.17) is 0 Å². The SMILES string of the molecule is CC[C@H]1NC(=O)[C@@H](NC(=O)CCn2cncn2)CCCCNC(=O)c2csc(n2)[C@H](Cc2ccccc2)NC1=O. The molecule has 0 radical (unpaired) electrons. The van der Waals surface area contributed by atoms with Crippen LogP contribution in [0.5, 0.6) is 0 Å². The van der Waals surface area contributed by atoms with Crippen molar-refractivity contribution in [3.63, 3.8) is 0 Å². The molecule has 13 heteroatoms. The van der Waals surface area contributed by atoms with Crippen LogP contribution in [0.15, 0.2) is 48.4 Å². The molecule has 4 rings (SSSR count). The first kappa shape index (κ1) is 28.9. The molecule has 0 spiro atoms. The van der Waals surface area contributed by atoms with Gasteiger partial charge in [0.2, 0.25) is 17.7 Å². The Morgan fingerprint density at radius 3 is 2.65 bits per heavy atom. The number of benzene rings is 1. The van der Waals surface area contributed by atoms with Gasteiger partial charge in [-0.2, -0.15) is 5.10 Å². The van der Waals surface area contributed by atoms with Gasteiger partial charge < -0.3 is 21.3 Å². The molecule has 12 nitrogen and oxygen atoms in total. The second-order valence-corrected chi connectivity index (χ2v) is 10.5. The van der Waals surface area contributed by atoms with Crippen LogP contribution in [0.3, 0.4) is 0 Å². The molecule has 2 bridgehead atoms. The molecule has 0 saturated carbocycles. The molecule has 3 heterocycles. The summed E-state index contributed by atoms with van der Waals surface area (Å²) in [6.45, 7) is 2.54. The van der Waals surface area contributed by atoms with Crippen molar-refractivity contribution in [1.82, 2.24) is 41.0 Å². The standard InChI is InChI=1S/C27H34N8O4S/c1-2-19-25(38)33-21(14-18-8-4-3-5-9-18)27-34-22(15-40-27)24(37)29-12-7-6-10-20(26(39)32-19)31-23(36)11-13-35-17-28-16-30-35/h3-5,8-9,15-17,19-21H,2,6-7,10-14H2,1H3,(H,29,37)(H,31,36)(H,32,39)(H,33,38)/t19-,20+,21+/m1/s1. The van der Waals surface area contributed by atoms with Crippen LogP contribution in [0.1, 0.15) is 66.1 Å². The Hall–Kier alpha value is -4.13. The van der Waals surface area contributed by atoms with Crippen LogP contribution in [-0.2, 0) is 27.3 Å². The summed E-state index contributed by atoms with van der Waals surface area (Å²) < 4.78 is 1.54. The van der Waals surface area contributed by atoms with Crippen molar-refractivity contribution in [1.29, 1.82) is 0 Å². The van der Waals surface area contributed by atoms with E-state index < -0.39 is 24.0 Å². The van der Waals surface area contributed by atoms with Gasteiger partial charge in [0, 0.05) is 18.3 Å². The van der Waals surface area contributed by atoms with Crippen LogP contribution in [0.4, 0.5) is 0 Å². The number of amides is 4. The number of hydrogen-bond acceptors (Lipinski definition) is 8. The molecule has 1 aliphatic rings. The Kier molecular flexibility index (Phi) is 10.3. The van der Waals surface area contributed by atoms with Gasteiger partial charge in [-0.25, -0.2) is 9.97 Å². The molecule has 4 N–H and O–H groups in total. The Labute approximate surface area is 236 Å². The van der Waals surface area contributed by atoms with Gasteiger partial charge in [0.1, 0.15) is 35.4 Å². The van der Waals surface area contributed by atoms with E-state index in [0.717, 1.165) is 5.56 Å². The van der Waals surface area contributed by atoms with Crippen LogP contribution in [0.25, 0.3) is 0 Å². The molecule has 0 unspecified atom stereocenters. The molecule has 0 saturated heterocycles. The summed E-state index contributed by atoms with van der Waals surface area (Å²) >= 11 is 1.31. The molecule has 1 aromatic carbocycles. The summed E-state index contributed by atoms with van der Waals surface area (Å²) in [4.78, 5) is 60.4. The average Bonchev–Trinajstić information content (AvgIpc) is 3.66. The number of rotatable bonds is 7. The van der Waals surface area contributed by atoms with Crippen LogP contribution in [-0.4, -0.2) is 62.0 Å². The van der Waals surface area contributed by atoms with E-state index >= 15 is 0 Å².